The van der Waals surface area contributed by atoms with Gasteiger partial charge in [-0.15, -0.1) is 0 Å². The van der Waals surface area contributed by atoms with E-state index in [4.69, 9.17) is 0 Å². The Morgan fingerprint density at radius 1 is 1.10 bits per heavy atom. The minimum atomic E-state index is 0.738. The van der Waals surface area contributed by atoms with E-state index in [0.29, 0.717) is 0 Å². The summed E-state index contributed by atoms with van der Waals surface area (Å²) in [5.41, 5.74) is 2.07. The van der Waals surface area contributed by atoms with Gasteiger partial charge in [0.1, 0.15) is 0 Å². The first-order valence-corrected chi connectivity index (χ1v) is 8.24. The van der Waals surface area contributed by atoms with Crippen LogP contribution < -0.4 is 10.2 Å². The largest absolute Gasteiger partial charge is 0.371 e. The summed E-state index contributed by atoms with van der Waals surface area (Å²) in [7, 11) is 0. The number of piperidine rings is 1. The molecule has 2 aliphatic carbocycles. The Morgan fingerprint density at radius 2 is 1.80 bits per heavy atom. The number of hydrogen-bond acceptors (Lipinski definition) is 3. The third kappa shape index (κ3) is 2.56. The van der Waals surface area contributed by atoms with Crippen LogP contribution in [0.15, 0.2) is 24.5 Å². The second kappa shape index (κ2) is 5.03. The lowest BCUT2D eigenvalue weighted by atomic mass is 9.98. The van der Waals surface area contributed by atoms with Crippen molar-refractivity contribution in [1.29, 1.82) is 0 Å². The predicted molar refractivity (Wildman–Crippen MR) is 81.9 cm³/mol. The summed E-state index contributed by atoms with van der Waals surface area (Å²) in [6, 6.07) is 4.99. The van der Waals surface area contributed by atoms with Gasteiger partial charge in [0.15, 0.2) is 0 Å². The summed E-state index contributed by atoms with van der Waals surface area (Å²) in [5.74, 6) is 1.08. The average molecular weight is 271 g/mol. The van der Waals surface area contributed by atoms with E-state index in [9.17, 15) is 0 Å². The lowest BCUT2D eigenvalue weighted by Gasteiger charge is -2.34. The van der Waals surface area contributed by atoms with Gasteiger partial charge in [0.2, 0.25) is 0 Å². The van der Waals surface area contributed by atoms with Crippen molar-refractivity contribution in [2.45, 2.75) is 44.6 Å². The Labute approximate surface area is 121 Å². The van der Waals surface area contributed by atoms with Crippen molar-refractivity contribution in [2.24, 2.45) is 11.3 Å². The molecule has 1 aromatic rings. The van der Waals surface area contributed by atoms with E-state index in [-0.39, 0.29) is 0 Å². The summed E-state index contributed by atoms with van der Waals surface area (Å²) in [6.45, 7) is 3.65. The molecule has 0 unspecified atom stereocenters. The van der Waals surface area contributed by atoms with E-state index >= 15 is 0 Å². The molecule has 0 radical (unpaired) electrons. The van der Waals surface area contributed by atoms with Crippen molar-refractivity contribution in [2.75, 3.05) is 24.5 Å². The van der Waals surface area contributed by atoms with Crippen LogP contribution in [0.25, 0.3) is 0 Å². The number of nitrogens with one attached hydrogen (secondary N) is 1. The number of nitrogens with zero attached hydrogens (tertiary/aromatic N) is 2. The van der Waals surface area contributed by atoms with Crippen molar-refractivity contribution in [1.82, 2.24) is 10.3 Å². The second-order valence-electron chi connectivity index (χ2n) is 6.98. The molecule has 1 aromatic heterocycles. The number of hydrogen-bond donors (Lipinski definition) is 1. The molecule has 2 saturated carbocycles. The summed E-state index contributed by atoms with van der Waals surface area (Å²) in [4.78, 5) is 6.60. The number of pyridine rings is 1. The van der Waals surface area contributed by atoms with Crippen LogP contribution in [0.2, 0.25) is 0 Å². The first-order chi connectivity index (χ1) is 9.86. The van der Waals surface area contributed by atoms with Crippen LogP contribution in [0.3, 0.4) is 0 Å². The molecule has 0 aromatic carbocycles. The normalized spacial score (nSPS) is 25.7. The van der Waals surface area contributed by atoms with Crippen LogP contribution in [-0.2, 0) is 0 Å². The summed E-state index contributed by atoms with van der Waals surface area (Å²) >= 11 is 0. The Balaban J connectivity index is 1.25. The second-order valence-corrected chi connectivity index (χ2v) is 6.98. The molecule has 0 bridgehead atoms. The van der Waals surface area contributed by atoms with Crippen LogP contribution in [-0.4, -0.2) is 30.7 Å². The van der Waals surface area contributed by atoms with E-state index in [1.54, 1.807) is 0 Å². The Kier molecular flexibility index (Phi) is 3.18. The molecule has 3 heteroatoms. The molecule has 108 valence electrons. The zero-order valence-electron chi connectivity index (χ0n) is 12.2. The minimum Gasteiger partial charge on any atom is -0.371 e. The molecular weight excluding hydrogens is 246 g/mol. The van der Waals surface area contributed by atoms with Gasteiger partial charge in [0.25, 0.3) is 0 Å². The van der Waals surface area contributed by atoms with Gasteiger partial charge in [-0.25, -0.2) is 0 Å². The van der Waals surface area contributed by atoms with Crippen molar-refractivity contribution in [3.05, 3.63) is 24.5 Å². The zero-order chi connectivity index (χ0) is 13.4. The first kappa shape index (κ1) is 12.6. The average Bonchev–Trinajstić information content (AvgIpc) is 3.40. The van der Waals surface area contributed by atoms with E-state index in [2.05, 4.69) is 27.3 Å². The van der Waals surface area contributed by atoms with Gasteiger partial charge in [-0.3, -0.25) is 4.98 Å². The monoisotopic (exact) mass is 271 g/mol. The van der Waals surface area contributed by atoms with Gasteiger partial charge >= 0.3 is 0 Å². The quantitative estimate of drug-likeness (QED) is 0.892. The van der Waals surface area contributed by atoms with Gasteiger partial charge in [-0.05, 0) is 62.0 Å². The van der Waals surface area contributed by atoms with Crippen molar-refractivity contribution >= 4 is 5.69 Å². The summed E-state index contributed by atoms with van der Waals surface area (Å²) < 4.78 is 0. The summed E-state index contributed by atoms with van der Waals surface area (Å²) in [5, 5.41) is 3.88. The van der Waals surface area contributed by atoms with E-state index in [0.717, 1.165) is 17.4 Å². The lowest BCUT2D eigenvalue weighted by molar-refractivity contribution is 0.340. The van der Waals surface area contributed by atoms with Gasteiger partial charge < -0.3 is 10.2 Å². The highest BCUT2D eigenvalue weighted by Crippen LogP contribution is 2.60. The highest BCUT2D eigenvalue weighted by Gasteiger charge is 2.53. The molecule has 1 saturated heterocycles. The SMILES string of the molecule is c1cc(N2CCC(NCC3(C4CC4)CC3)CC2)ccn1. The van der Waals surface area contributed by atoms with Crippen molar-refractivity contribution in [3.8, 4) is 0 Å². The van der Waals surface area contributed by atoms with Crippen molar-refractivity contribution < 1.29 is 0 Å². The molecule has 0 atom stereocenters. The van der Waals surface area contributed by atoms with Crippen LogP contribution in [0.1, 0.15) is 38.5 Å². The molecule has 3 nitrogen and oxygen atoms in total. The molecular formula is C17H25N3. The highest BCUT2D eigenvalue weighted by atomic mass is 15.1. The molecule has 0 spiro atoms. The molecule has 4 rings (SSSR count). The van der Waals surface area contributed by atoms with Gasteiger partial charge in [0.05, 0.1) is 0 Å². The van der Waals surface area contributed by atoms with E-state index < -0.39 is 0 Å². The van der Waals surface area contributed by atoms with Crippen LogP contribution in [0.5, 0.6) is 0 Å². The molecule has 2 heterocycles. The maximum atomic E-state index is 4.10. The third-order valence-corrected chi connectivity index (χ3v) is 5.60. The topological polar surface area (TPSA) is 28.2 Å². The summed E-state index contributed by atoms with van der Waals surface area (Å²) in [6.07, 6.45) is 12.3. The number of aromatic nitrogens is 1. The number of anilines is 1. The first-order valence-electron chi connectivity index (χ1n) is 8.24. The fraction of sp³-hybridized carbons (Fsp3) is 0.706. The Hall–Kier alpha value is -1.09. The van der Waals surface area contributed by atoms with Crippen LogP contribution in [0, 0.1) is 11.3 Å². The molecule has 1 aliphatic heterocycles. The fourth-order valence-electron chi connectivity index (χ4n) is 3.83. The third-order valence-electron chi connectivity index (χ3n) is 5.60. The standard InChI is InChI=1S/C17H25N3/c1-2-14(1)17(7-8-17)13-19-15-5-11-20(12-6-15)16-3-9-18-10-4-16/h3-4,9-10,14-15,19H,1-2,5-8,11-13H2. The fourth-order valence-corrected chi connectivity index (χ4v) is 3.83. The molecule has 0 amide bonds. The van der Waals surface area contributed by atoms with E-state index in [1.165, 1.54) is 63.8 Å². The zero-order valence-corrected chi connectivity index (χ0v) is 12.2. The molecule has 1 N–H and O–H groups in total. The Morgan fingerprint density at radius 3 is 2.40 bits per heavy atom. The van der Waals surface area contributed by atoms with Crippen molar-refractivity contribution in [3.63, 3.8) is 0 Å². The molecule has 20 heavy (non-hydrogen) atoms. The maximum Gasteiger partial charge on any atom is 0.0397 e. The van der Waals surface area contributed by atoms with Crippen LogP contribution >= 0.6 is 0 Å². The number of rotatable bonds is 5. The highest BCUT2D eigenvalue weighted by molar-refractivity contribution is 5.44. The predicted octanol–water partition coefficient (Wildman–Crippen LogP) is 2.83. The van der Waals surface area contributed by atoms with E-state index in [1.807, 2.05) is 12.4 Å². The van der Waals surface area contributed by atoms with Crippen LogP contribution in [0.4, 0.5) is 5.69 Å². The lowest BCUT2D eigenvalue weighted by Crippen LogP contribution is -2.44. The van der Waals surface area contributed by atoms with Gasteiger partial charge in [-0.2, -0.15) is 0 Å². The molecule has 3 fully saturated rings. The minimum absolute atomic E-state index is 0.738. The Bertz CT molecular complexity index is 443. The maximum absolute atomic E-state index is 4.10. The smallest absolute Gasteiger partial charge is 0.0397 e. The van der Waals surface area contributed by atoms with Gasteiger partial charge in [-0.1, -0.05) is 0 Å². The van der Waals surface area contributed by atoms with Gasteiger partial charge in [0, 0.05) is 43.8 Å². The molecule has 3 aliphatic rings.